The number of hydrogen-bond donors (Lipinski definition) is 3. The highest BCUT2D eigenvalue weighted by atomic mass is 35.5. The molecule has 1 rings (SSSR count). The van der Waals surface area contributed by atoms with E-state index in [4.69, 9.17) is 21.8 Å². The molecule has 1 aromatic carbocycles. The van der Waals surface area contributed by atoms with E-state index >= 15 is 0 Å². The first-order chi connectivity index (χ1) is 6.63. The van der Waals surface area contributed by atoms with Crippen molar-refractivity contribution in [3.63, 3.8) is 0 Å². The number of rotatable bonds is 4. The number of aryl methyl sites for hydroxylation is 1. The molecule has 0 aliphatic rings. The van der Waals surface area contributed by atoms with Crippen LogP contribution in [0.4, 0.5) is 5.69 Å². The van der Waals surface area contributed by atoms with Gasteiger partial charge in [-0.1, -0.05) is 17.7 Å². The van der Waals surface area contributed by atoms with E-state index in [1.807, 2.05) is 19.1 Å². The van der Waals surface area contributed by atoms with Crippen LogP contribution < -0.4 is 5.32 Å². The van der Waals surface area contributed by atoms with Gasteiger partial charge in [-0.05, 0) is 24.6 Å². The molecule has 0 spiro atoms. The van der Waals surface area contributed by atoms with Gasteiger partial charge in [0.05, 0.1) is 12.7 Å². The fourth-order valence-corrected chi connectivity index (χ4v) is 1.18. The highest BCUT2D eigenvalue weighted by Crippen LogP contribution is 2.19. The number of aliphatic hydroxyl groups excluding tert-OH is 2. The van der Waals surface area contributed by atoms with Crippen molar-refractivity contribution in [2.24, 2.45) is 0 Å². The maximum absolute atomic E-state index is 9.10. The second-order valence-electron chi connectivity index (χ2n) is 3.18. The average molecular weight is 216 g/mol. The lowest BCUT2D eigenvalue weighted by atomic mass is 10.2. The molecule has 0 aliphatic carbocycles. The summed E-state index contributed by atoms with van der Waals surface area (Å²) in [7, 11) is 0. The van der Waals surface area contributed by atoms with E-state index in [1.165, 1.54) is 0 Å². The zero-order chi connectivity index (χ0) is 10.6. The van der Waals surface area contributed by atoms with Crippen LogP contribution in [0.25, 0.3) is 0 Å². The summed E-state index contributed by atoms with van der Waals surface area (Å²) in [5.41, 5.74) is 1.85. The molecule has 78 valence electrons. The van der Waals surface area contributed by atoms with E-state index in [2.05, 4.69) is 5.32 Å². The van der Waals surface area contributed by atoms with Gasteiger partial charge in [0.15, 0.2) is 0 Å². The summed E-state index contributed by atoms with van der Waals surface area (Å²) in [4.78, 5) is 0. The normalized spacial score (nSPS) is 12.6. The predicted molar refractivity (Wildman–Crippen MR) is 57.8 cm³/mol. The van der Waals surface area contributed by atoms with E-state index in [0.717, 1.165) is 11.3 Å². The molecule has 0 amide bonds. The summed E-state index contributed by atoms with van der Waals surface area (Å²) in [5, 5.41) is 21.4. The molecule has 0 saturated carbocycles. The fourth-order valence-electron chi connectivity index (χ4n) is 1.00. The third kappa shape index (κ3) is 3.18. The molecule has 0 bridgehead atoms. The molecule has 0 fully saturated rings. The van der Waals surface area contributed by atoms with Crippen molar-refractivity contribution in [1.29, 1.82) is 0 Å². The number of benzene rings is 1. The summed E-state index contributed by atoms with van der Waals surface area (Å²) in [6.07, 6.45) is -0.741. The molecule has 0 aliphatic heterocycles. The molecule has 3 nitrogen and oxygen atoms in total. The highest BCUT2D eigenvalue weighted by molar-refractivity contribution is 6.31. The summed E-state index contributed by atoms with van der Waals surface area (Å²) >= 11 is 5.91. The quantitative estimate of drug-likeness (QED) is 0.712. The summed E-state index contributed by atoms with van der Waals surface area (Å²) < 4.78 is 0. The number of halogens is 1. The van der Waals surface area contributed by atoms with E-state index in [0.29, 0.717) is 11.6 Å². The smallest absolute Gasteiger partial charge is 0.0942 e. The minimum Gasteiger partial charge on any atom is -0.394 e. The Hall–Kier alpha value is -0.770. The Bertz CT molecular complexity index is 304. The third-order valence-corrected chi connectivity index (χ3v) is 2.33. The Labute approximate surface area is 88.3 Å². The Balaban J connectivity index is 2.55. The van der Waals surface area contributed by atoms with Crippen LogP contribution in [-0.2, 0) is 0 Å². The summed E-state index contributed by atoms with van der Waals surface area (Å²) in [6.45, 7) is 2.00. The highest BCUT2D eigenvalue weighted by Gasteiger charge is 2.02. The zero-order valence-corrected chi connectivity index (χ0v) is 8.75. The van der Waals surface area contributed by atoms with Gasteiger partial charge in [0.25, 0.3) is 0 Å². The van der Waals surface area contributed by atoms with E-state index in [9.17, 15) is 0 Å². The first kappa shape index (κ1) is 11.3. The maximum atomic E-state index is 9.10. The third-order valence-electron chi connectivity index (χ3n) is 1.92. The van der Waals surface area contributed by atoms with Crippen LogP contribution in [0.3, 0.4) is 0 Å². The van der Waals surface area contributed by atoms with Crippen LogP contribution in [0, 0.1) is 6.92 Å². The van der Waals surface area contributed by atoms with Gasteiger partial charge < -0.3 is 15.5 Å². The van der Waals surface area contributed by atoms with Crippen molar-refractivity contribution in [2.75, 3.05) is 18.5 Å². The molecule has 3 N–H and O–H groups in total. The van der Waals surface area contributed by atoms with Crippen LogP contribution >= 0.6 is 11.6 Å². The molecule has 0 unspecified atom stereocenters. The Morgan fingerprint density at radius 1 is 1.50 bits per heavy atom. The number of anilines is 1. The minimum absolute atomic E-state index is 0.243. The number of nitrogens with one attached hydrogen (secondary N) is 1. The Morgan fingerprint density at radius 3 is 2.79 bits per heavy atom. The van der Waals surface area contributed by atoms with Crippen LogP contribution in [0.15, 0.2) is 18.2 Å². The second kappa shape index (κ2) is 5.20. The van der Waals surface area contributed by atoms with Gasteiger partial charge in [-0.25, -0.2) is 0 Å². The molecule has 14 heavy (non-hydrogen) atoms. The predicted octanol–water partition coefficient (Wildman–Crippen LogP) is 1.41. The van der Waals surface area contributed by atoms with Crippen molar-refractivity contribution in [2.45, 2.75) is 13.0 Å². The van der Waals surface area contributed by atoms with Gasteiger partial charge in [-0.3, -0.25) is 0 Å². The van der Waals surface area contributed by atoms with E-state index < -0.39 is 6.10 Å². The second-order valence-corrected chi connectivity index (χ2v) is 3.59. The molecular weight excluding hydrogens is 202 g/mol. The van der Waals surface area contributed by atoms with Crippen LogP contribution in [0.2, 0.25) is 5.02 Å². The first-order valence-corrected chi connectivity index (χ1v) is 4.80. The van der Waals surface area contributed by atoms with Gasteiger partial charge in [-0.2, -0.15) is 0 Å². The van der Waals surface area contributed by atoms with Crippen molar-refractivity contribution in [3.05, 3.63) is 28.8 Å². The van der Waals surface area contributed by atoms with Crippen molar-refractivity contribution in [3.8, 4) is 0 Å². The SMILES string of the molecule is Cc1ccc(NC[C@H](O)CO)cc1Cl. The van der Waals surface area contributed by atoms with Gasteiger partial charge in [-0.15, -0.1) is 0 Å². The van der Waals surface area contributed by atoms with E-state index in [1.54, 1.807) is 6.07 Å². The van der Waals surface area contributed by atoms with Gasteiger partial charge in [0.1, 0.15) is 0 Å². The van der Waals surface area contributed by atoms with Crippen LogP contribution in [-0.4, -0.2) is 29.5 Å². The summed E-state index contributed by atoms with van der Waals surface area (Å²) in [5.74, 6) is 0. The summed E-state index contributed by atoms with van der Waals surface area (Å²) in [6, 6.07) is 5.57. The topological polar surface area (TPSA) is 52.5 Å². The van der Waals surface area contributed by atoms with Gasteiger partial charge >= 0.3 is 0 Å². The van der Waals surface area contributed by atoms with Crippen molar-refractivity contribution in [1.82, 2.24) is 0 Å². The molecule has 1 atom stereocenters. The lowest BCUT2D eigenvalue weighted by Crippen LogP contribution is -2.22. The molecule has 0 saturated heterocycles. The number of hydrogen-bond acceptors (Lipinski definition) is 3. The standard InChI is InChI=1S/C10H14ClNO2/c1-7-2-3-8(4-10(7)11)12-5-9(14)6-13/h2-4,9,12-14H,5-6H2,1H3/t9-/m0/s1. The van der Waals surface area contributed by atoms with Gasteiger partial charge in [0.2, 0.25) is 0 Å². The molecule has 1 aromatic rings. The average Bonchev–Trinajstić information content (AvgIpc) is 2.19. The Morgan fingerprint density at radius 2 is 2.21 bits per heavy atom. The molecule has 4 heteroatoms. The molecule has 0 heterocycles. The largest absolute Gasteiger partial charge is 0.394 e. The molecular formula is C10H14ClNO2. The lowest BCUT2D eigenvalue weighted by Gasteiger charge is -2.10. The number of aliphatic hydroxyl groups is 2. The molecule has 0 radical (unpaired) electrons. The fraction of sp³-hybridized carbons (Fsp3) is 0.400. The lowest BCUT2D eigenvalue weighted by molar-refractivity contribution is 0.105. The minimum atomic E-state index is -0.741. The molecule has 0 aromatic heterocycles. The Kier molecular flexibility index (Phi) is 4.20. The van der Waals surface area contributed by atoms with Crippen LogP contribution in [0.5, 0.6) is 0 Å². The van der Waals surface area contributed by atoms with Crippen molar-refractivity contribution >= 4 is 17.3 Å². The van der Waals surface area contributed by atoms with Gasteiger partial charge in [0, 0.05) is 17.3 Å². The van der Waals surface area contributed by atoms with Crippen LogP contribution in [0.1, 0.15) is 5.56 Å². The zero-order valence-electron chi connectivity index (χ0n) is 8.00. The van der Waals surface area contributed by atoms with Crippen molar-refractivity contribution < 1.29 is 10.2 Å². The van der Waals surface area contributed by atoms with E-state index in [-0.39, 0.29) is 6.61 Å². The first-order valence-electron chi connectivity index (χ1n) is 4.42. The maximum Gasteiger partial charge on any atom is 0.0942 e. The monoisotopic (exact) mass is 215 g/mol.